The Morgan fingerprint density at radius 1 is 1.25 bits per heavy atom. The van der Waals surface area contributed by atoms with Gasteiger partial charge < -0.3 is 5.32 Å². The van der Waals surface area contributed by atoms with Crippen molar-refractivity contribution < 1.29 is 0 Å². The van der Waals surface area contributed by atoms with E-state index < -0.39 is 0 Å². The SMILES string of the molecule is CNc1nc(-c2ccc(C)s2)c(Cl)cc1Cl. The molecule has 0 saturated heterocycles. The molecular weight excluding hydrogens is 263 g/mol. The standard InChI is InChI=1S/C11H10Cl2N2S/c1-6-3-4-9(16-6)10-7(12)5-8(13)11(14-2)15-10/h3-5H,1-2H3,(H,14,15). The first-order valence-electron chi connectivity index (χ1n) is 4.72. The van der Waals surface area contributed by atoms with E-state index >= 15 is 0 Å². The Hall–Kier alpha value is -0.770. The number of anilines is 1. The van der Waals surface area contributed by atoms with Crippen molar-refractivity contribution in [3.63, 3.8) is 0 Å². The number of rotatable bonds is 2. The van der Waals surface area contributed by atoms with E-state index in [4.69, 9.17) is 23.2 Å². The first kappa shape index (κ1) is 11.7. The third-order valence-electron chi connectivity index (χ3n) is 2.14. The lowest BCUT2D eigenvalue weighted by atomic mass is 10.3. The number of aryl methyl sites for hydroxylation is 1. The number of nitrogens with one attached hydrogen (secondary N) is 1. The van der Waals surface area contributed by atoms with Crippen LogP contribution < -0.4 is 5.32 Å². The first-order valence-corrected chi connectivity index (χ1v) is 6.29. The highest BCUT2D eigenvalue weighted by molar-refractivity contribution is 7.15. The molecule has 0 aliphatic heterocycles. The summed E-state index contributed by atoms with van der Waals surface area (Å²) in [7, 11) is 1.78. The van der Waals surface area contributed by atoms with Gasteiger partial charge in [0.25, 0.3) is 0 Å². The molecule has 2 aromatic rings. The molecule has 0 atom stereocenters. The van der Waals surface area contributed by atoms with Crippen LogP contribution >= 0.6 is 34.5 Å². The van der Waals surface area contributed by atoms with E-state index in [1.54, 1.807) is 24.5 Å². The Bertz CT molecular complexity index is 523. The third-order valence-corrected chi connectivity index (χ3v) is 3.72. The van der Waals surface area contributed by atoms with E-state index in [1.165, 1.54) is 4.88 Å². The fourth-order valence-corrected chi connectivity index (χ4v) is 2.86. The Labute approximate surface area is 108 Å². The normalized spacial score (nSPS) is 10.5. The molecule has 84 valence electrons. The zero-order chi connectivity index (χ0) is 11.7. The van der Waals surface area contributed by atoms with Gasteiger partial charge in [0.1, 0.15) is 11.5 Å². The van der Waals surface area contributed by atoms with Crippen LogP contribution in [0.2, 0.25) is 10.0 Å². The smallest absolute Gasteiger partial charge is 0.145 e. The van der Waals surface area contributed by atoms with Crippen molar-refractivity contribution in [3.8, 4) is 10.6 Å². The molecule has 2 heterocycles. The quantitative estimate of drug-likeness (QED) is 0.873. The van der Waals surface area contributed by atoms with E-state index in [9.17, 15) is 0 Å². The van der Waals surface area contributed by atoms with Crippen LogP contribution in [0.1, 0.15) is 4.88 Å². The maximum atomic E-state index is 6.13. The minimum atomic E-state index is 0.532. The Morgan fingerprint density at radius 3 is 2.56 bits per heavy atom. The summed E-state index contributed by atoms with van der Waals surface area (Å²) in [6.07, 6.45) is 0. The Morgan fingerprint density at radius 2 is 2.00 bits per heavy atom. The molecule has 0 aliphatic rings. The van der Waals surface area contributed by atoms with Gasteiger partial charge in [-0.2, -0.15) is 0 Å². The molecule has 0 saturated carbocycles. The maximum absolute atomic E-state index is 6.13. The third kappa shape index (κ3) is 2.17. The molecule has 0 radical (unpaired) electrons. The first-order chi connectivity index (χ1) is 7.61. The molecule has 0 amide bonds. The van der Waals surface area contributed by atoms with Crippen LogP contribution in [0.5, 0.6) is 0 Å². The van der Waals surface area contributed by atoms with Gasteiger partial charge in [-0.3, -0.25) is 0 Å². The van der Waals surface area contributed by atoms with Gasteiger partial charge in [0.15, 0.2) is 0 Å². The summed E-state index contributed by atoms with van der Waals surface area (Å²) in [5, 5.41) is 4.05. The zero-order valence-corrected chi connectivity index (χ0v) is 11.2. The monoisotopic (exact) mass is 272 g/mol. The van der Waals surface area contributed by atoms with Crippen LogP contribution in [0.4, 0.5) is 5.82 Å². The second kappa shape index (κ2) is 4.62. The van der Waals surface area contributed by atoms with Gasteiger partial charge in [-0.25, -0.2) is 4.98 Å². The number of hydrogen-bond acceptors (Lipinski definition) is 3. The van der Waals surface area contributed by atoms with Crippen molar-refractivity contribution in [2.75, 3.05) is 12.4 Å². The lowest BCUT2D eigenvalue weighted by molar-refractivity contribution is 1.30. The topological polar surface area (TPSA) is 24.9 Å². The molecule has 0 aliphatic carbocycles. The average molecular weight is 273 g/mol. The maximum Gasteiger partial charge on any atom is 0.145 e. The lowest BCUT2D eigenvalue weighted by Gasteiger charge is -2.06. The molecule has 2 rings (SSSR count). The molecular formula is C11H10Cl2N2S. The highest BCUT2D eigenvalue weighted by Crippen LogP contribution is 2.35. The summed E-state index contributed by atoms with van der Waals surface area (Å²) in [5.41, 5.74) is 0.772. The fourth-order valence-electron chi connectivity index (χ4n) is 1.38. The van der Waals surface area contributed by atoms with Crippen molar-refractivity contribution in [1.29, 1.82) is 0 Å². The predicted octanol–water partition coefficient (Wildman–Crippen LogP) is 4.47. The minimum absolute atomic E-state index is 0.532. The molecule has 0 aromatic carbocycles. The Balaban J connectivity index is 2.56. The molecule has 2 aromatic heterocycles. The van der Waals surface area contributed by atoms with E-state index in [-0.39, 0.29) is 0 Å². The average Bonchev–Trinajstić information content (AvgIpc) is 2.65. The van der Waals surface area contributed by atoms with E-state index in [2.05, 4.69) is 17.2 Å². The van der Waals surface area contributed by atoms with Gasteiger partial charge in [-0.05, 0) is 25.1 Å². The molecule has 16 heavy (non-hydrogen) atoms. The molecule has 0 bridgehead atoms. The molecule has 2 nitrogen and oxygen atoms in total. The number of aromatic nitrogens is 1. The lowest BCUT2D eigenvalue weighted by Crippen LogP contribution is -1.95. The van der Waals surface area contributed by atoms with Crippen molar-refractivity contribution in [2.24, 2.45) is 0 Å². The predicted molar refractivity (Wildman–Crippen MR) is 71.9 cm³/mol. The highest BCUT2D eigenvalue weighted by atomic mass is 35.5. The summed E-state index contributed by atoms with van der Waals surface area (Å²) in [6, 6.07) is 5.78. The number of hydrogen-bond donors (Lipinski definition) is 1. The van der Waals surface area contributed by atoms with Gasteiger partial charge in [-0.1, -0.05) is 23.2 Å². The van der Waals surface area contributed by atoms with E-state index in [0.29, 0.717) is 15.9 Å². The largest absolute Gasteiger partial charge is 0.372 e. The van der Waals surface area contributed by atoms with Crippen LogP contribution in [-0.2, 0) is 0 Å². The van der Waals surface area contributed by atoms with Gasteiger partial charge in [0, 0.05) is 11.9 Å². The van der Waals surface area contributed by atoms with Crippen LogP contribution in [0.25, 0.3) is 10.6 Å². The van der Waals surface area contributed by atoms with Gasteiger partial charge in [0.2, 0.25) is 0 Å². The van der Waals surface area contributed by atoms with Crippen LogP contribution in [0.3, 0.4) is 0 Å². The van der Waals surface area contributed by atoms with Crippen molar-refractivity contribution >= 4 is 40.4 Å². The van der Waals surface area contributed by atoms with Crippen LogP contribution in [-0.4, -0.2) is 12.0 Å². The molecule has 0 spiro atoms. The number of thiophene rings is 1. The van der Waals surface area contributed by atoms with E-state index in [0.717, 1.165) is 10.6 Å². The van der Waals surface area contributed by atoms with Crippen molar-refractivity contribution in [1.82, 2.24) is 4.98 Å². The summed E-state index contributed by atoms with van der Waals surface area (Å²) in [4.78, 5) is 6.69. The number of pyridine rings is 1. The zero-order valence-electron chi connectivity index (χ0n) is 8.84. The van der Waals surface area contributed by atoms with Crippen molar-refractivity contribution in [2.45, 2.75) is 6.92 Å². The summed E-state index contributed by atoms with van der Waals surface area (Å²) >= 11 is 13.8. The second-order valence-electron chi connectivity index (χ2n) is 3.31. The summed E-state index contributed by atoms with van der Waals surface area (Å²) in [6.45, 7) is 2.05. The molecule has 5 heteroatoms. The van der Waals surface area contributed by atoms with Gasteiger partial charge >= 0.3 is 0 Å². The summed E-state index contributed by atoms with van der Waals surface area (Å²) in [5.74, 6) is 0.645. The van der Waals surface area contributed by atoms with Gasteiger partial charge in [-0.15, -0.1) is 11.3 Å². The fraction of sp³-hybridized carbons (Fsp3) is 0.182. The molecule has 1 N–H and O–H groups in total. The Kier molecular flexibility index (Phi) is 3.38. The molecule has 0 fully saturated rings. The van der Waals surface area contributed by atoms with Crippen LogP contribution in [0.15, 0.2) is 18.2 Å². The van der Waals surface area contributed by atoms with Crippen LogP contribution in [0, 0.1) is 6.92 Å². The summed E-state index contributed by atoms with van der Waals surface area (Å²) < 4.78 is 0. The molecule has 0 unspecified atom stereocenters. The van der Waals surface area contributed by atoms with Gasteiger partial charge in [0.05, 0.1) is 14.9 Å². The number of nitrogens with zero attached hydrogens (tertiary/aromatic N) is 1. The minimum Gasteiger partial charge on any atom is -0.372 e. The van der Waals surface area contributed by atoms with Crippen molar-refractivity contribution in [3.05, 3.63) is 33.1 Å². The number of halogens is 2. The van der Waals surface area contributed by atoms with E-state index in [1.807, 2.05) is 12.1 Å². The highest BCUT2D eigenvalue weighted by Gasteiger charge is 2.11. The second-order valence-corrected chi connectivity index (χ2v) is 5.41.